The molecule has 2 aromatic rings. The van der Waals surface area contributed by atoms with Crippen LogP contribution < -0.4 is 15.5 Å². The average molecular weight is 471 g/mol. The minimum atomic E-state index is -0.190. The van der Waals surface area contributed by atoms with Gasteiger partial charge in [0.2, 0.25) is 0 Å². The summed E-state index contributed by atoms with van der Waals surface area (Å²) in [4.78, 5) is 11.1. The van der Waals surface area contributed by atoms with Crippen molar-refractivity contribution in [2.75, 3.05) is 25.5 Å². The van der Waals surface area contributed by atoms with Crippen LogP contribution in [-0.2, 0) is 13.1 Å². The summed E-state index contributed by atoms with van der Waals surface area (Å²) in [7, 11) is 3.94. The van der Waals surface area contributed by atoms with Crippen LogP contribution in [-0.4, -0.2) is 31.6 Å². The molecule has 1 aromatic heterocycles. The molecule has 0 aliphatic heterocycles. The number of nitrogens with one attached hydrogen (secondary N) is 2. The van der Waals surface area contributed by atoms with E-state index in [0.29, 0.717) is 24.6 Å². The van der Waals surface area contributed by atoms with Crippen LogP contribution in [0.5, 0.6) is 0 Å². The lowest BCUT2D eigenvalue weighted by atomic mass is 10.1. The highest BCUT2D eigenvalue weighted by Crippen LogP contribution is 2.10. The Morgan fingerprint density at radius 2 is 1.96 bits per heavy atom. The number of pyridine rings is 1. The molecule has 2 rings (SSSR count). The average Bonchev–Trinajstić information content (AvgIpc) is 2.60. The first-order valence-corrected chi connectivity index (χ1v) is 8.40. The Hall–Kier alpha value is -1.90. The molecule has 2 N–H and O–H groups in total. The fraction of sp³-hybridized carbons (Fsp3) is 0.368. The number of rotatable bonds is 6. The normalized spacial score (nSPS) is 10.9. The van der Waals surface area contributed by atoms with Gasteiger partial charge in [-0.15, -0.1) is 24.0 Å². The first-order chi connectivity index (χ1) is 12.0. The van der Waals surface area contributed by atoms with E-state index in [1.165, 1.54) is 6.07 Å². The van der Waals surface area contributed by atoms with Gasteiger partial charge in [0, 0.05) is 20.6 Å². The molecule has 142 valence electrons. The predicted molar refractivity (Wildman–Crippen MR) is 117 cm³/mol. The highest BCUT2D eigenvalue weighted by atomic mass is 127. The van der Waals surface area contributed by atoms with Gasteiger partial charge in [0.25, 0.3) is 0 Å². The molecular weight excluding hydrogens is 444 g/mol. The number of aliphatic imine (C=N–C) groups is 1. The number of hydrogen-bond donors (Lipinski definition) is 2. The largest absolute Gasteiger partial charge is 0.363 e. The van der Waals surface area contributed by atoms with Gasteiger partial charge in [0.1, 0.15) is 11.6 Å². The van der Waals surface area contributed by atoms with Gasteiger partial charge in [0.05, 0.1) is 18.8 Å². The third-order valence-corrected chi connectivity index (χ3v) is 3.67. The molecule has 26 heavy (non-hydrogen) atoms. The van der Waals surface area contributed by atoms with Gasteiger partial charge in [-0.3, -0.25) is 0 Å². The maximum absolute atomic E-state index is 13.3. The third kappa shape index (κ3) is 6.78. The van der Waals surface area contributed by atoms with Crippen molar-refractivity contribution in [2.24, 2.45) is 4.99 Å². The van der Waals surface area contributed by atoms with Crippen molar-refractivity contribution < 1.29 is 4.39 Å². The summed E-state index contributed by atoms with van der Waals surface area (Å²) >= 11 is 0. The molecule has 0 saturated heterocycles. The molecule has 1 aromatic carbocycles. The third-order valence-electron chi connectivity index (χ3n) is 3.67. The van der Waals surface area contributed by atoms with Crippen molar-refractivity contribution in [3.05, 3.63) is 59.0 Å². The van der Waals surface area contributed by atoms with E-state index in [1.54, 1.807) is 13.0 Å². The molecule has 0 aliphatic rings. The Morgan fingerprint density at radius 1 is 1.19 bits per heavy atom. The van der Waals surface area contributed by atoms with Gasteiger partial charge in [-0.05, 0) is 43.2 Å². The second-order valence-corrected chi connectivity index (χ2v) is 6.01. The van der Waals surface area contributed by atoms with Crippen LogP contribution in [0.25, 0.3) is 0 Å². The summed E-state index contributed by atoms with van der Waals surface area (Å²) in [5.41, 5.74) is 2.55. The first kappa shape index (κ1) is 22.1. The molecule has 0 spiro atoms. The van der Waals surface area contributed by atoms with Crippen LogP contribution in [0.15, 0.2) is 41.4 Å². The monoisotopic (exact) mass is 471 g/mol. The molecule has 0 unspecified atom stereocenters. The van der Waals surface area contributed by atoms with Gasteiger partial charge in [-0.25, -0.2) is 14.4 Å². The summed E-state index contributed by atoms with van der Waals surface area (Å²) < 4.78 is 13.3. The molecular formula is C19H27FIN5. The van der Waals surface area contributed by atoms with E-state index in [2.05, 4.69) is 20.6 Å². The van der Waals surface area contributed by atoms with Crippen LogP contribution in [0.4, 0.5) is 10.2 Å². The van der Waals surface area contributed by atoms with Gasteiger partial charge >= 0.3 is 0 Å². The fourth-order valence-electron chi connectivity index (χ4n) is 2.31. The van der Waals surface area contributed by atoms with E-state index in [4.69, 9.17) is 0 Å². The predicted octanol–water partition coefficient (Wildman–Crippen LogP) is 3.47. The van der Waals surface area contributed by atoms with E-state index < -0.39 is 0 Å². The maximum Gasteiger partial charge on any atom is 0.191 e. The van der Waals surface area contributed by atoms with E-state index in [0.717, 1.165) is 23.6 Å². The lowest BCUT2D eigenvalue weighted by Crippen LogP contribution is -2.37. The zero-order valence-corrected chi connectivity index (χ0v) is 18.0. The quantitative estimate of drug-likeness (QED) is 0.385. The van der Waals surface area contributed by atoms with Crippen molar-refractivity contribution in [3.63, 3.8) is 0 Å². The highest BCUT2D eigenvalue weighted by Gasteiger charge is 2.03. The summed E-state index contributed by atoms with van der Waals surface area (Å²) in [5.74, 6) is 1.44. The lowest BCUT2D eigenvalue weighted by Gasteiger charge is -2.14. The Balaban J connectivity index is 0.00000338. The zero-order chi connectivity index (χ0) is 18.2. The molecule has 7 heteroatoms. The Bertz CT molecular complexity index is 734. The van der Waals surface area contributed by atoms with Gasteiger partial charge in [-0.2, -0.15) is 0 Å². The van der Waals surface area contributed by atoms with Crippen molar-refractivity contribution in [3.8, 4) is 0 Å². The van der Waals surface area contributed by atoms with Crippen LogP contribution in [0.2, 0.25) is 0 Å². The number of hydrogen-bond acceptors (Lipinski definition) is 3. The molecule has 0 fully saturated rings. The number of aromatic nitrogens is 1. The summed E-state index contributed by atoms with van der Waals surface area (Å²) in [5, 5.41) is 6.50. The number of aryl methyl sites for hydroxylation is 1. The Morgan fingerprint density at radius 3 is 2.62 bits per heavy atom. The van der Waals surface area contributed by atoms with E-state index >= 15 is 0 Å². The Labute approximate surface area is 172 Å². The molecule has 0 atom stereocenters. The topological polar surface area (TPSA) is 52.6 Å². The Kier molecular flexibility index (Phi) is 9.32. The van der Waals surface area contributed by atoms with Crippen molar-refractivity contribution >= 4 is 35.8 Å². The van der Waals surface area contributed by atoms with Gasteiger partial charge in [-0.1, -0.05) is 18.2 Å². The van der Waals surface area contributed by atoms with Crippen molar-refractivity contribution in [1.29, 1.82) is 0 Å². The number of guanidine groups is 1. The molecule has 5 nitrogen and oxygen atoms in total. The van der Waals surface area contributed by atoms with Crippen molar-refractivity contribution in [1.82, 2.24) is 15.6 Å². The molecule has 0 bridgehead atoms. The summed E-state index contributed by atoms with van der Waals surface area (Å²) in [6, 6.07) is 11.0. The second-order valence-electron chi connectivity index (χ2n) is 6.01. The van der Waals surface area contributed by atoms with E-state index in [1.807, 2.05) is 50.2 Å². The number of benzene rings is 1. The van der Waals surface area contributed by atoms with E-state index in [-0.39, 0.29) is 29.8 Å². The molecule has 1 heterocycles. The molecule has 0 radical (unpaired) electrons. The number of anilines is 1. The maximum atomic E-state index is 13.3. The van der Waals surface area contributed by atoms with Gasteiger partial charge in [0.15, 0.2) is 5.96 Å². The highest BCUT2D eigenvalue weighted by molar-refractivity contribution is 14.0. The second kappa shape index (κ2) is 10.9. The van der Waals surface area contributed by atoms with Crippen LogP contribution >= 0.6 is 24.0 Å². The minimum absolute atomic E-state index is 0. The zero-order valence-electron chi connectivity index (χ0n) is 15.7. The van der Waals surface area contributed by atoms with Crippen LogP contribution in [0, 0.1) is 12.7 Å². The van der Waals surface area contributed by atoms with Gasteiger partial charge < -0.3 is 15.5 Å². The lowest BCUT2D eigenvalue weighted by molar-refractivity contribution is 0.617. The smallest absolute Gasteiger partial charge is 0.191 e. The number of halogens is 2. The molecule has 0 aliphatic carbocycles. The van der Waals surface area contributed by atoms with Crippen molar-refractivity contribution in [2.45, 2.75) is 26.9 Å². The minimum Gasteiger partial charge on any atom is -0.363 e. The fourth-order valence-corrected chi connectivity index (χ4v) is 2.31. The molecule has 0 saturated carbocycles. The molecule has 0 amide bonds. The summed E-state index contributed by atoms with van der Waals surface area (Å²) in [6.45, 7) is 5.61. The number of nitrogens with zero attached hydrogens (tertiary/aromatic N) is 3. The summed E-state index contributed by atoms with van der Waals surface area (Å²) in [6.07, 6.45) is 0. The van der Waals surface area contributed by atoms with E-state index in [9.17, 15) is 4.39 Å². The van der Waals surface area contributed by atoms with Crippen LogP contribution in [0.3, 0.4) is 0 Å². The first-order valence-electron chi connectivity index (χ1n) is 8.40. The SMILES string of the molecule is CCNC(=NCc1ccc(F)c(C)c1)NCc1cccc(N(C)C)n1.I. The standard InChI is InChI=1S/C19H26FN5.HI/c1-5-21-19(22-12-15-9-10-17(20)14(2)11-15)23-13-16-7-6-8-18(24-16)25(3)4;/h6-11H,5,12-13H2,1-4H3,(H2,21,22,23);1H. The van der Waals surface area contributed by atoms with Crippen LogP contribution in [0.1, 0.15) is 23.7 Å².